The maximum Gasteiger partial charge on any atom is 0.152 e. The third-order valence-corrected chi connectivity index (χ3v) is 2.79. The zero-order valence-electron chi connectivity index (χ0n) is 11.3. The third kappa shape index (κ3) is 3.98. The van der Waals surface area contributed by atoms with Crippen molar-refractivity contribution >= 4 is 30.2 Å². The molecule has 0 aliphatic heterocycles. The molecule has 0 heterocycles. The molecule has 0 amide bonds. The van der Waals surface area contributed by atoms with Crippen LogP contribution in [0.3, 0.4) is 0 Å². The van der Waals surface area contributed by atoms with Crippen LogP contribution in [0.2, 0.25) is 0 Å². The SMILES string of the molecule is O=Cc1ccccc1N=CC=CNc1ccccc1C=O. The fourth-order valence-corrected chi connectivity index (χ4v) is 1.74. The molecule has 0 atom stereocenters. The smallest absolute Gasteiger partial charge is 0.152 e. The maximum atomic E-state index is 10.8. The van der Waals surface area contributed by atoms with Gasteiger partial charge in [0.1, 0.15) is 0 Å². The molecule has 0 fully saturated rings. The number of nitrogens with one attached hydrogen (secondary N) is 1. The van der Waals surface area contributed by atoms with E-state index in [9.17, 15) is 9.59 Å². The van der Waals surface area contributed by atoms with Crippen molar-refractivity contribution in [1.29, 1.82) is 0 Å². The van der Waals surface area contributed by atoms with Crippen LogP contribution in [-0.2, 0) is 0 Å². The van der Waals surface area contributed by atoms with Crippen LogP contribution in [0.5, 0.6) is 0 Å². The number of nitrogens with zero attached hydrogens (tertiary/aromatic N) is 1. The molecule has 1 N–H and O–H groups in total. The van der Waals surface area contributed by atoms with Gasteiger partial charge in [0.15, 0.2) is 12.6 Å². The first kappa shape index (κ1) is 14.4. The summed E-state index contributed by atoms with van der Waals surface area (Å²) in [5, 5.41) is 3.01. The van der Waals surface area contributed by atoms with E-state index >= 15 is 0 Å². The fourth-order valence-electron chi connectivity index (χ4n) is 1.74. The Bertz CT molecular complexity index is 691. The predicted octanol–water partition coefficient (Wildman–Crippen LogP) is 3.64. The first-order valence-corrected chi connectivity index (χ1v) is 6.39. The molecule has 4 heteroatoms. The zero-order chi connectivity index (χ0) is 14.9. The van der Waals surface area contributed by atoms with Gasteiger partial charge in [0.05, 0.1) is 5.69 Å². The number of carbonyl (C=O) groups excluding carboxylic acids is 2. The van der Waals surface area contributed by atoms with Gasteiger partial charge in [-0.25, -0.2) is 0 Å². The lowest BCUT2D eigenvalue weighted by Gasteiger charge is -2.02. The average molecular weight is 278 g/mol. The van der Waals surface area contributed by atoms with Gasteiger partial charge in [0.25, 0.3) is 0 Å². The molecule has 104 valence electrons. The van der Waals surface area contributed by atoms with Crippen molar-refractivity contribution in [3.05, 3.63) is 71.9 Å². The Kier molecular flexibility index (Phi) is 5.18. The summed E-state index contributed by atoms with van der Waals surface area (Å²) in [6.07, 6.45) is 6.52. The van der Waals surface area contributed by atoms with Crippen molar-refractivity contribution in [2.75, 3.05) is 5.32 Å². The quantitative estimate of drug-likeness (QED) is 0.648. The lowest BCUT2D eigenvalue weighted by molar-refractivity contribution is 0.111. The third-order valence-electron chi connectivity index (χ3n) is 2.79. The van der Waals surface area contributed by atoms with Gasteiger partial charge in [-0.3, -0.25) is 14.6 Å². The van der Waals surface area contributed by atoms with Gasteiger partial charge in [0.2, 0.25) is 0 Å². The molecule has 0 bridgehead atoms. The van der Waals surface area contributed by atoms with Crippen molar-refractivity contribution in [2.24, 2.45) is 4.99 Å². The molecule has 0 aliphatic rings. The molecule has 2 aromatic rings. The van der Waals surface area contributed by atoms with E-state index in [1.54, 1.807) is 48.8 Å². The first-order chi connectivity index (χ1) is 10.3. The van der Waals surface area contributed by atoms with Gasteiger partial charge < -0.3 is 5.32 Å². The first-order valence-electron chi connectivity index (χ1n) is 6.39. The second kappa shape index (κ2) is 7.55. The van der Waals surface area contributed by atoms with E-state index in [1.165, 1.54) is 0 Å². The van der Waals surface area contributed by atoms with Crippen LogP contribution in [0.15, 0.2) is 65.8 Å². The molecule has 4 nitrogen and oxygen atoms in total. The Labute approximate surface area is 122 Å². The molecular formula is C17H14N2O2. The van der Waals surface area contributed by atoms with E-state index < -0.39 is 0 Å². The number of rotatable bonds is 6. The number of carbonyl (C=O) groups is 2. The second-order valence-electron chi connectivity index (χ2n) is 4.16. The topological polar surface area (TPSA) is 58.5 Å². The highest BCUT2D eigenvalue weighted by Gasteiger charge is 1.97. The number of aldehydes is 2. The summed E-state index contributed by atoms with van der Waals surface area (Å²) >= 11 is 0. The Morgan fingerprint density at radius 3 is 2.29 bits per heavy atom. The standard InChI is InChI=1S/C17H14N2O2/c20-12-14-6-1-3-8-16(14)18-10-5-11-19-17-9-4-2-7-15(17)13-21/h1-13,18H. The van der Waals surface area contributed by atoms with Crippen LogP contribution >= 0.6 is 0 Å². The van der Waals surface area contributed by atoms with Crippen LogP contribution in [0.25, 0.3) is 0 Å². The molecule has 0 aromatic heterocycles. The predicted molar refractivity (Wildman–Crippen MR) is 84.6 cm³/mol. The molecule has 0 unspecified atom stereocenters. The van der Waals surface area contributed by atoms with Crippen LogP contribution in [0, 0.1) is 0 Å². The monoisotopic (exact) mass is 278 g/mol. The largest absolute Gasteiger partial charge is 0.361 e. The zero-order valence-corrected chi connectivity index (χ0v) is 11.3. The van der Waals surface area contributed by atoms with Crippen molar-refractivity contribution in [3.63, 3.8) is 0 Å². The van der Waals surface area contributed by atoms with Crippen molar-refractivity contribution in [3.8, 4) is 0 Å². The summed E-state index contributed by atoms with van der Waals surface area (Å²) < 4.78 is 0. The molecule has 21 heavy (non-hydrogen) atoms. The molecule has 0 aliphatic carbocycles. The normalized spacial score (nSPS) is 10.9. The van der Waals surface area contributed by atoms with Gasteiger partial charge in [0, 0.05) is 29.2 Å². The Balaban J connectivity index is 2.01. The van der Waals surface area contributed by atoms with Gasteiger partial charge in [-0.15, -0.1) is 0 Å². The number of benzene rings is 2. The molecule has 0 saturated carbocycles. The Morgan fingerprint density at radius 1 is 0.857 bits per heavy atom. The number of allylic oxidation sites excluding steroid dienone is 1. The molecule has 0 saturated heterocycles. The summed E-state index contributed by atoms with van der Waals surface area (Å²) in [5.41, 5.74) is 2.47. The lowest BCUT2D eigenvalue weighted by atomic mass is 10.2. The van der Waals surface area contributed by atoms with Crippen molar-refractivity contribution in [2.45, 2.75) is 0 Å². The summed E-state index contributed by atoms with van der Waals surface area (Å²) in [6.45, 7) is 0. The van der Waals surface area contributed by atoms with Crippen LogP contribution in [0.1, 0.15) is 20.7 Å². The summed E-state index contributed by atoms with van der Waals surface area (Å²) in [7, 11) is 0. The average Bonchev–Trinajstić information content (AvgIpc) is 2.55. The Hall–Kier alpha value is -3.01. The van der Waals surface area contributed by atoms with E-state index in [4.69, 9.17) is 0 Å². The van der Waals surface area contributed by atoms with Gasteiger partial charge >= 0.3 is 0 Å². The highest BCUT2D eigenvalue weighted by atomic mass is 16.1. The van der Waals surface area contributed by atoms with Gasteiger partial charge in [-0.1, -0.05) is 24.3 Å². The minimum absolute atomic E-state index is 0.543. The maximum absolute atomic E-state index is 10.8. The molecule has 2 aromatic carbocycles. The van der Waals surface area contributed by atoms with Crippen molar-refractivity contribution < 1.29 is 9.59 Å². The number of anilines is 1. The van der Waals surface area contributed by atoms with E-state index in [0.29, 0.717) is 16.8 Å². The van der Waals surface area contributed by atoms with Crippen LogP contribution in [-0.4, -0.2) is 18.8 Å². The van der Waals surface area contributed by atoms with Crippen LogP contribution < -0.4 is 5.32 Å². The number of aliphatic imine (C=N–C) groups is 1. The summed E-state index contributed by atoms with van der Waals surface area (Å²) in [5.74, 6) is 0. The molecule has 2 rings (SSSR count). The molecule has 0 radical (unpaired) electrons. The highest BCUT2D eigenvalue weighted by Crippen LogP contribution is 2.15. The number of para-hydroxylation sites is 2. The van der Waals surface area contributed by atoms with E-state index in [-0.39, 0.29) is 0 Å². The molecule has 0 spiro atoms. The second-order valence-corrected chi connectivity index (χ2v) is 4.16. The van der Waals surface area contributed by atoms with E-state index in [1.807, 2.05) is 18.2 Å². The molecular weight excluding hydrogens is 264 g/mol. The van der Waals surface area contributed by atoms with E-state index in [0.717, 1.165) is 18.3 Å². The van der Waals surface area contributed by atoms with Gasteiger partial charge in [-0.05, 0) is 30.3 Å². The van der Waals surface area contributed by atoms with Crippen molar-refractivity contribution in [1.82, 2.24) is 0 Å². The fraction of sp³-hybridized carbons (Fsp3) is 0. The van der Waals surface area contributed by atoms with E-state index in [2.05, 4.69) is 10.3 Å². The lowest BCUT2D eigenvalue weighted by Crippen LogP contribution is -1.92. The summed E-state index contributed by atoms with van der Waals surface area (Å²) in [4.78, 5) is 25.9. The highest BCUT2D eigenvalue weighted by molar-refractivity contribution is 5.86. The summed E-state index contributed by atoms with van der Waals surface area (Å²) in [6, 6.07) is 14.3. The Morgan fingerprint density at radius 2 is 1.52 bits per heavy atom. The minimum atomic E-state index is 0.543. The number of hydrogen-bond donors (Lipinski definition) is 1. The van der Waals surface area contributed by atoms with Gasteiger partial charge in [-0.2, -0.15) is 0 Å². The number of hydrogen-bond acceptors (Lipinski definition) is 4. The minimum Gasteiger partial charge on any atom is -0.361 e. The van der Waals surface area contributed by atoms with Crippen LogP contribution in [0.4, 0.5) is 11.4 Å².